The van der Waals surface area contributed by atoms with Crippen LogP contribution >= 0.6 is 0 Å². The predicted octanol–water partition coefficient (Wildman–Crippen LogP) is 1.78. The number of ether oxygens (including phenoxy) is 1. The number of Topliss-reactive ketones (excluding diaryl/α,β-unsaturated/α-hetero) is 1. The normalized spacial score (nSPS) is 18.2. The van der Waals surface area contributed by atoms with Gasteiger partial charge in [0.1, 0.15) is 11.8 Å². The Hall–Kier alpha value is -1.93. The number of nitrogens with one attached hydrogen (secondary N) is 1. The van der Waals surface area contributed by atoms with E-state index in [1.807, 2.05) is 13.8 Å². The van der Waals surface area contributed by atoms with Crippen LogP contribution in [0.4, 0.5) is 0 Å². The lowest BCUT2D eigenvalue weighted by Crippen LogP contribution is -2.49. The molecule has 0 unspecified atom stereocenters. The van der Waals surface area contributed by atoms with Gasteiger partial charge in [0.15, 0.2) is 5.78 Å². The Morgan fingerprint density at radius 2 is 2.15 bits per heavy atom. The molecule has 1 aromatic carbocycles. The van der Waals surface area contributed by atoms with E-state index in [1.165, 1.54) is 25.7 Å². The van der Waals surface area contributed by atoms with Gasteiger partial charge in [-0.3, -0.25) is 9.59 Å². The highest BCUT2D eigenvalue weighted by atomic mass is 32.2. The van der Waals surface area contributed by atoms with Crippen molar-refractivity contribution in [3.63, 3.8) is 0 Å². The lowest BCUT2D eigenvalue weighted by molar-refractivity contribution is -0.131. The molecule has 2 rings (SSSR count). The number of carbonyl (C=O) groups excluding carboxylic acids is 2. The van der Waals surface area contributed by atoms with Crippen LogP contribution in [-0.2, 0) is 19.6 Å². The zero-order valence-corrected chi connectivity index (χ0v) is 16.8. The first-order valence-corrected chi connectivity index (χ1v) is 10.5. The number of ketones is 1. The Kier molecular flexibility index (Phi) is 7.38. The third-order valence-corrected chi connectivity index (χ3v) is 6.17. The zero-order chi connectivity index (χ0) is 20.0. The summed E-state index contributed by atoms with van der Waals surface area (Å²) in [5, 5.41) is 2.97. The van der Waals surface area contributed by atoms with Gasteiger partial charge >= 0.3 is 0 Å². The average molecular weight is 396 g/mol. The molecule has 1 aromatic rings. The summed E-state index contributed by atoms with van der Waals surface area (Å²) in [4.78, 5) is 25.3. The number of benzene rings is 1. The molecule has 1 radical (unpaired) electrons. The van der Waals surface area contributed by atoms with Gasteiger partial charge in [-0.1, -0.05) is 19.9 Å². The van der Waals surface area contributed by atoms with Crippen LogP contribution in [0.1, 0.15) is 33.1 Å². The molecule has 1 aliphatic rings. The summed E-state index contributed by atoms with van der Waals surface area (Å²) < 4.78 is 32.5. The number of sulfonamides is 1. The van der Waals surface area contributed by atoms with Crippen molar-refractivity contribution in [2.24, 2.45) is 5.92 Å². The van der Waals surface area contributed by atoms with Crippen molar-refractivity contribution in [1.29, 1.82) is 0 Å². The van der Waals surface area contributed by atoms with E-state index in [2.05, 4.69) is 5.32 Å². The molecular weight excluding hydrogens is 368 g/mol. The van der Waals surface area contributed by atoms with Crippen molar-refractivity contribution in [2.45, 2.75) is 44.0 Å². The van der Waals surface area contributed by atoms with E-state index in [0.29, 0.717) is 31.6 Å². The van der Waals surface area contributed by atoms with Crippen molar-refractivity contribution in [1.82, 2.24) is 9.62 Å². The van der Waals surface area contributed by atoms with E-state index in [-0.39, 0.29) is 23.1 Å². The molecule has 1 fully saturated rings. The Labute approximate surface area is 161 Å². The summed E-state index contributed by atoms with van der Waals surface area (Å²) in [5.41, 5.74) is 0. The highest BCUT2D eigenvalue weighted by Gasteiger charge is 2.39. The van der Waals surface area contributed by atoms with Gasteiger partial charge in [-0.25, -0.2) is 12.7 Å². The van der Waals surface area contributed by atoms with Crippen LogP contribution in [0.25, 0.3) is 0 Å². The van der Waals surface area contributed by atoms with Gasteiger partial charge in [0.25, 0.3) is 10.0 Å². The standard InChI is InChI=1S/C19H27N2O5S/c1-14(2)9-10-19(23)21(17-8-5-11-20-13-18(17)22)27(24,25)16-7-4-6-15(12-16)26-3/h4,6-7,10,12,14,17,20H,5,8-9,11,13H2,1-3H3/t17-/m0/s1. The second kappa shape index (κ2) is 9.32. The van der Waals surface area contributed by atoms with Crippen molar-refractivity contribution in [3.8, 4) is 5.75 Å². The van der Waals surface area contributed by atoms with Gasteiger partial charge in [0.05, 0.1) is 25.0 Å². The Morgan fingerprint density at radius 3 is 2.81 bits per heavy atom. The van der Waals surface area contributed by atoms with E-state index in [4.69, 9.17) is 4.74 Å². The first kappa shape index (κ1) is 21.4. The first-order valence-electron chi connectivity index (χ1n) is 9.06. The Bertz CT molecular complexity index is 776. The maximum Gasteiger partial charge on any atom is 0.267 e. The molecule has 1 N–H and O–H groups in total. The number of hydrogen-bond donors (Lipinski definition) is 1. The van der Waals surface area contributed by atoms with Gasteiger partial charge in [0, 0.05) is 6.07 Å². The van der Waals surface area contributed by atoms with Crippen LogP contribution in [0.15, 0.2) is 29.2 Å². The van der Waals surface area contributed by atoms with Gasteiger partial charge in [-0.2, -0.15) is 0 Å². The monoisotopic (exact) mass is 395 g/mol. The Morgan fingerprint density at radius 1 is 1.41 bits per heavy atom. The quantitative estimate of drug-likeness (QED) is 0.757. The van der Waals surface area contributed by atoms with Gasteiger partial charge in [0.2, 0.25) is 5.91 Å². The van der Waals surface area contributed by atoms with E-state index in [0.717, 1.165) is 4.31 Å². The molecule has 0 aromatic heterocycles. The molecular formula is C19H27N2O5S. The topological polar surface area (TPSA) is 92.8 Å². The molecule has 27 heavy (non-hydrogen) atoms. The number of hydrogen-bond acceptors (Lipinski definition) is 6. The fourth-order valence-corrected chi connectivity index (χ4v) is 4.51. The SMILES string of the molecule is COc1cccc(S(=O)(=O)N(C(=O)[CH]CC(C)C)[C@H]2CCCNCC2=O)c1. The van der Waals surface area contributed by atoms with Gasteiger partial charge in [-0.05, 0) is 43.9 Å². The molecule has 1 heterocycles. The van der Waals surface area contributed by atoms with Crippen LogP contribution in [-0.4, -0.2) is 50.7 Å². The fraction of sp³-hybridized carbons (Fsp3) is 0.526. The van der Waals surface area contributed by atoms with Crippen molar-refractivity contribution >= 4 is 21.7 Å². The summed E-state index contributed by atoms with van der Waals surface area (Å²) in [5.74, 6) is -0.401. The van der Waals surface area contributed by atoms with Crippen LogP contribution < -0.4 is 10.1 Å². The number of nitrogens with zero attached hydrogens (tertiary/aromatic N) is 1. The number of amides is 1. The van der Waals surface area contributed by atoms with E-state index >= 15 is 0 Å². The van der Waals surface area contributed by atoms with Gasteiger partial charge in [-0.15, -0.1) is 0 Å². The maximum atomic E-state index is 13.3. The molecule has 0 spiro atoms. The third kappa shape index (κ3) is 5.29. The summed E-state index contributed by atoms with van der Waals surface area (Å²) >= 11 is 0. The summed E-state index contributed by atoms with van der Waals surface area (Å²) in [6, 6.07) is 4.92. The Balaban J connectivity index is 2.46. The molecule has 0 saturated carbocycles. The lowest BCUT2D eigenvalue weighted by Gasteiger charge is -2.29. The van der Waals surface area contributed by atoms with Crippen molar-refractivity contribution in [3.05, 3.63) is 30.7 Å². The summed E-state index contributed by atoms with van der Waals surface area (Å²) in [7, 11) is -2.77. The number of rotatable bonds is 7. The highest BCUT2D eigenvalue weighted by Crippen LogP contribution is 2.26. The first-order chi connectivity index (χ1) is 12.8. The van der Waals surface area contributed by atoms with Crippen molar-refractivity contribution < 1.29 is 22.7 Å². The van der Waals surface area contributed by atoms with E-state index in [9.17, 15) is 18.0 Å². The maximum absolute atomic E-state index is 13.3. The summed E-state index contributed by atoms with van der Waals surface area (Å²) in [6.45, 7) is 4.53. The van der Waals surface area contributed by atoms with Crippen LogP contribution in [0, 0.1) is 12.3 Å². The molecule has 8 heteroatoms. The van der Waals surface area contributed by atoms with Crippen LogP contribution in [0.2, 0.25) is 0 Å². The highest BCUT2D eigenvalue weighted by molar-refractivity contribution is 7.89. The largest absolute Gasteiger partial charge is 0.497 e. The second-order valence-electron chi connectivity index (χ2n) is 6.95. The van der Waals surface area contributed by atoms with Crippen LogP contribution in [0.3, 0.4) is 0 Å². The molecule has 0 bridgehead atoms. The fourth-order valence-electron chi connectivity index (χ4n) is 2.90. The average Bonchev–Trinajstić information content (AvgIpc) is 2.85. The lowest BCUT2D eigenvalue weighted by atomic mass is 10.1. The third-order valence-electron chi connectivity index (χ3n) is 4.36. The summed E-state index contributed by atoms with van der Waals surface area (Å²) in [6.07, 6.45) is 2.70. The minimum Gasteiger partial charge on any atom is -0.497 e. The molecule has 1 amide bonds. The second-order valence-corrected chi connectivity index (χ2v) is 8.77. The van der Waals surface area contributed by atoms with E-state index < -0.39 is 22.0 Å². The molecule has 7 nitrogen and oxygen atoms in total. The molecule has 1 saturated heterocycles. The molecule has 1 atom stereocenters. The zero-order valence-electron chi connectivity index (χ0n) is 16.0. The molecule has 0 aliphatic carbocycles. The number of methoxy groups -OCH3 is 1. The van der Waals surface area contributed by atoms with E-state index in [1.54, 1.807) is 12.1 Å². The minimum atomic E-state index is -4.21. The van der Waals surface area contributed by atoms with Crippen LogP contribution in [0.5, 0.6) is 5.75 Å². The number of carbonyl (C=O) groups is 2. The molecule has 149 valence electrons. The van der Waals surface area contributed by atoms with Crippen molar-refractivity contribution in [2.75, 3.05) is 20.2 Å². The minimum absolute atomic E-state index is 0.0479. The smallest absolute Gasteiger partial charge is 0.267 e. The molecule has 1 aliphatic heterocycles. The van der Waals surface area contributed by atoms with Gasteiger partial charge < -0.3 is 10.1 Å². The predicted molar refractivity (Wildman–Crippen MR) is 102 cm³/mol.